The summed E-state index contributed by atoms with van der Waals surface area (Å²) in [5, 5.41) is 4.06. The zero-order valence-electron chi connectivity index (χ0n) is 10.4. The zero-order valence-corrected chi connectivity index (χ0v) is 11.2. The normalized spacial score (nSPS) is 10.6. The molecule has 1 N–H and O–H groups in total. The number of hydrogen-bond acceptors (Lipinski definition) is 4. The monoisotopic (exact) mass is 266 g/mol. The van der Waals surface area contributed by atoms with E-state index in [0.29, 0.717) is 6.61 Å². The molecule has 0 amide bonds. The summed E-state index contributed by atoms with van der Waals surface area (Å²) < 4.78 is 17.8. The highest BCUT2D eigenvalue weighted by atomic mass is 32.1. The van der Waals surface area contributed by atoms with E-state index in [2.05, 4.69) is 10.3 Å². The van der Waals surface area contributed by atoms with Crippen molar-refractivity contribution in [3.05, 3.63) is 35.0 Å². The summed E-state index contributed by atoms with van der Waals surface area (Å²) in [6, 6.07) is 6.39. The molecule has 96 valence electrons. The fourth-order valence-corrected chi connectivity index (χ4v) is 2.47. The molecule has 0 saturated heterocycles. The van der Waals surface area contributed by atoms with Crippen LogP contribution in [0, 0.1) is 12.7 Å². The number of aromatic nitrogens is 1. The van der Waals surface area contributed by atoms with Crippen molar-refractivity contribution >= 4 is 16.5 Å². The average Bonchev–Trinajstić information content (AvgIpc) is 2.72. The first-order valence-electron chi connectivity index (χ1n) is 5.67. The highest BCUT2D eigenvalue weighted by molar-refractivity contribution is 7.16. The standard InChI is InChI=1S/C13H15FN2OS/c1-9-12(10-3-5-11(14)6-4-10)16-13(18-9)15-7-8-17-2/h3-6H,7-8H2,1-2H3,(H,15,16). The van der Waals surface area contributed by atoms with Gasteiger partial charge in [-0.15, -0.1) is 11.3 Å². The van der Waals surface area contributed by atoms with Crippen molar-refractivity contribution in [2.24, 2.45) is 0 Å². The van der Waals surface area contributed by atoms with Gasteiger partial charge in [-0.1, -0.05) is 0 Å². The number of anilines is 1. The number of nitrogens with zero attached hydrogens (tertiary/aromatic N) is 1. The molecule has 2 aromatic rings. The summed E-state index contributed by atoms with van der Waals surface area (Å²) >= 11 is 1.59. The molecule has 0 bridgehead atoms. The summed E-state index contributed by atoms with van der Waals surface area (Å²) in [7, 11) is 1.67. The lowest BCUT2D eigenvalue weighted by Crippen LogP contribution is -2.06. The van der Waals surface area contributed by atoms with Gasteiger partial charge in [0.15, 0.2) is 5.13 Å². The van der Waals surface area contributed by atoms with Crippen molar-refractivity contribution in [2.75, 3.05) is 25.6 Å². The Morgan fingerprint density at radius 3 is 2.72 bits per heavy atom. The molecular formula is C13H15FN2OS. The van der Waals surface area contributed by atoms with Crippen LogP contribution in [0.1, 0.15) is 4.88 Å². The maximum absolute atomic E-state index is 12.9. The number of aryl methyl sites for hydroxylation is 1. The van der Waals surface area contributed by atoms with Crippen molar-refractivity contribution in [1.82, 2.24) is 4.98 Å². The largest absolute Gasteiger partial charge is 0.383 e. The van der Waals surface area contributed by atoms with Gasteiger partial charge in [0.05, 0.1) is 12.3 Å². The van der Waals surface area contributed by atoms with E-state index in [-0.39, 0.29) is 5.82 Å². The van der Waals surface area contributed by atoms with Crippen molar-refractivity contribution in [3.8, 4) is 11.3 Å². The Balaban J connectivity index is 2.16. The van der Waals surface area contributed by atoms with Gasteiger partial charge in [0, 0.05) is 24.1 Å². The Morgan fingerprint density at radius 2 is 2.06 bits per heavy atom. The van der Waals surface area contributed by atoms with Crippen LogP contribution in [0.15, 0.2) is 24.3 Å². The topological polar surface area (TPSA) is 34.1 Å². The van der Waals surface area contributed by atoms with Crippen LogP contribution in [0.5, 0.6) is 0 Å². The molecule has 0 saturated carbocycles. The van der Waals surface area contributed by atoms with E-state index in [9.17, 15) is 4.39 Å². The molecule has 0 fully saturated rings. The Hall–Kier alpha value is -1.46. The third-order valence-corrected chi connectivity index (χ3v) is 3.43. The first-order valence-corrected chi connectivity index (χ1v) is 6.48. The smallest absolute Gasteiger partial charge is 0.183 e. The lowest BCUT2D eigenvalue weighted by Gasteiger charge is -2.00. The molecule has 0 atom stereocenters. The highest BCUT2D eigenvalue weighted by Gasteiger charge is 2.09. The lowest BCUT2D eigenvalue weighted by molar-refractivity contribution is 0.211. The number of benzene rings is 1. The first kappa shape index (κ1) is 13.0. The van der Waals surface area contributed by atoms with E-state index in [0.717, 1.165) is 27.8 Å². The van der Waals surface area contributed by atoms with E-state index in [1.807, 2.05) is 6.92 Å². The number of halogens is 1. The van der Waals surface area contributed by atoms with Crippen LogP contribution in [0.3, 0.4) is 0 Å². The first-order chi connectivity index (χ1) is 8.70. The van der Waals surface area contributed by atoms with E-state index >= 15 is 0 Å². The van der Waals surface area contributed by atoms with Crippen molar-refractivity contribution in [1.29, 1.82) is 0 Å². The van der Waals surface area contributed by atoms with Crippen LogP contribution in [-0.2, 0) is 4.74 Å². The summed E-state index contributed by atoms with van der Waals surface area (Å²) in [6.07, 6.45) is 0. The van der Waals surface area contributed by atoms with Crippen LogP contribution >= 0.6 is 11.3 Å². The fraction of sp³-hybridized carbons (Fsp3) is 0.308. The van der Waals surface area contributed by atoms with Crippen LogP contribution in [0.25, 0.3) is 11.3 Å². The molecule has 0 aliphatic heterocycles. The second-order valence-electron chi connectivity index (χ2n) is 3.85. The Kier molecular flexibility index (Phi) is 4.28. The van der Waals surface area contributed by atoms with Gasteiger partial charge in [-0.3, -0.25) is 0 Å². The Morgan fingerprint density at radius 1 is 1.33 bits per heavy atom. The third-order valence-electron chi connectivity index (χ3n) is 2.50. The molecule has 0 spiro atoms. The minimum absolute atomic E-state index is 0.231. The SMILES string of the molecule is COCCNc1nc(-c2ccc(F)cc2)c(C)s1. The van der Waals surface area contributed by atoms with Crippen LogP contribution in [0.4, 0.5) is 9.52 Å². The summed E-state index contributed by atoms with van der Waals surface area (Å²) in [5.74, 6) is -0.231. The molecule has 2 rings (SSSR count). The van der Waals surface area contributed by atoms with E-state index in [1.165, 1.54) is 12.1 Å². The molecular weight excluding hydrogens is 251 g/mol. The predicted molar refractivity (Wildman–Crippen MR) is 72.6 cm³/mol. The molecule has 1 aromatic heterocycles. The number of hydrogen-bond donors (Lipinski definition) is 1. The summed E-state index contributed by atoms with van der Waals surface area (Å²) in [5.41, 5.74) is 1.84. The molecule has 1 aromatic carbocycles. The number of thiazole rings is 1. The molecule has 5 heteroatoms. The third kappa shape index (κ3) is 3.05. The molecule has 0 aliphatic carbocycles. The van der Waals surface area contributed by atoms with Crippen LogP contribution in [-0.4, -0.2) is 25.2 Å². The molecule has 18 heavy (non-hydrogen) atoms. The van der Waals surface area contributed by atoms with Gasteiger partial charge in [-0.25, -0.2) is 9.37 Å². The van der Waals surface area contributed by atoms with Gasteiger partial charge < -0.3 is 10.1 Å². The number of nitrogens with one attached hydrogen (secondary N) is 1. The maximum atomic E-state index is 12.9. The van der Waals surface area contributed by atoms with Gasteiger partial charge in [-0.05, 0) is 31.2 Å². The fourth-order valence-electron chi connectivity index (χ4n) is 1.61. The molecule has 1 heterocycles. The molecule has 0 aliphatic rings. The Bertz CT molecular complexity index is 510. The summed E-state index contributed by atoms with van der Waals surface area (Å²) in [6.45, 7) is 3.38. The molecule has 0 radical (unpaired) electrons. The van der Waals surface area contributed by atoms with E-state index < -0.39 is 0 Å². The van der Waals surface area contributed by atoms with Crippen LogP contribution < -0.4 is 5.32 Å². The second kappa shape index (κ2) is 5.93. The van der Waals surface area contributed by atoms with Gasteiger partial charge in [0.2, 0.25) is 0 Å². The van der Waals surface area contributed by atoms with Gasteiger partial charge >= 0.3 is 0 Å². The van der Waals surface area contributed by atoms with Gasteiger partial charge in [-0.2, -0.15) is 0 Å². The minimum Gasteiger partial charge on any atom is -0.383 e. The maximum Gasteiger partial charge on any atom is 0.183 e. The average molecular weight is 266 g/mol. The van der Waals surface area contributed by atoms with Crippen molar-refractivity contribution in [3.63, 3.8) is 0 Å². The molecule has 0 unspecified atom stereocenters. The van der Waals surface area contributed by atoms with E-state index in [1.54, 1.807) is 30.6 Å². The predicted octanol–water partition coefficient (Wildman–Crippen LogP) is 3.32. The van der Waals surface area contributed by atoms with Crippen LogP contribution in [0.2, 0.25) is 0 Å². The van der Waals surface area contributed by atoms with Gasteiger partial charge in [0.25, 0.3) is 0 Å². The zero-order chi connectivity index (χ0) is 13.0. The van der Waals surface area contributed by atoms with Crippen molar-refractivity contribution < 1.29 is 9.13 Å². The van der Waals surface area contributed by atoms with Gasteiger partial charge in [0.1, 0.15) is 5.82 Å². The van der Waals surface area contributed by atoms with Crippen molar-refractivity contribution in [2.45, 2.75) is 6.92 Å². The minimum atomic E-state index is -0.231. The van der Waals surface area contributed by atoms with E-state index in [4.69, 9.17) is 4.74 Å². The molecule has 3 nitrogen and oxygen atoms in total. The quantitative estimate of drug-likeness (QED) is 0.843. The number of rotatable bonds is 5. The Labute approximate surface area is 110 Å². The second-order valence-corrected chi connectivity index (χ2v) is 5.05. The lowest BCUT2D eigenvalue weighted by atomic mass is 10.1. The highest BCUT2D eigenvalue weighted by Crippen LogP contribution is 2.30. The summed E-state index contributed by atoms with van der Waals surface area (Å²) in [4.78, 5) is 5.62. The number of ether oxygens (including phenoxy) is 1. The number of methoxy groups -OCH3 is 1.